The Labute approximate surface area is 97.4 Å². The third-order valence-corrected chi connectivity index (χ3v) is 2.43. The van der Waals surface area contributed by atoms with Gasteiger partial charge in [0.2, 0.25) is 0 Å². The normalized spacial score (nSPS) is 10.5. The summed E-state index contributed by atoms with van der Waals surface area (Å²) in [5, 5.41) is 10.2. The molecule has 0 atom stereocenters. The first-order valence-corrected chi connectivity index (χ1v) is 5.21. The van der Waals surface area contributed by atoms with E-state index in [-0.39, 0.29) is 11.4 Å². The minimum atomic E-state index is -1.03. The van der Waals surface area contributed by atoms with E-state index in [9.17, 15) is 9.18 Å². The van der Waals surface area contributed by atoms with Crippen LogP contribution in [0.15, 0.2) is 30.3 Å². The van der Waals surface area contributed by atoms with Crippen LogP contribution in [0.5, 0.6) is 5.75 Å². The standard InChI is InChI=1S/C13H11FO3/c1-2-17-12-6-9(13(15)16)5-8-3-4-10(14)7-11(8)12/h3-7H,2H2,1H3,(H,15,16). The van der Waals surface area contributed by atoms with E-state index in [4.69, 9.17) is 9.84 Å². The van der Waals surface area contributed by atoms with E-state index in [1.165, 1.54) is 24.3 Å². The van der Waals surface area contributed by atoms with Crippen LogP contribution in [0.2, 0.25) is 0 Å². The van der Waals surface area contributed by atoms with Crippen LogP contribution < -0.4 is 4.74 Å². The third kappa shape index (κ3) is 2.20. The molecule has 0 saturated heterocycles. The molecule has 0 aliphatic carbocycles. The molecule has 2 aromatic rings. The topological polar surface area (TPSA) is 46.5 Å². The maximum absolute atomic E-state index is 13.1. The van der Waals surface area contributed by atoms with Gasteiger partial charge in [-0.1, -0.05) is 6.07 Å². The Hall–Kier alpha value is -2.10. The predicted molar refractivity (Wildman–Crippen MR) is 62.0 cm³/mol. The Bertz CT molecular complexity index is 578. The SMILES string of the molecule is CCOc1cc(C(=O)O)cc2ccc(F)cc12. The van der Waals surface area contributed by atoms with Crippen LogP contribution in [0.4, 0.5) is 4.39 Å². The van der Waals surface area contributed by atoms with Gasteiger partial charge >= 0.3 is 5.97 Å². The molecular formula is C13H11FO3. The van der Waals surface area contributed by atoms with Gasteiger partial charge in [0, 0.05) is 5.39 Å². The van der Waals surface area contributed by atoms with Gasteiger partial charge < -0.3 is 9.84 Å². The first-order chi connectivity index (χ1) is 8.11. The van der Waals surface area contributed by atoms with Gasteiger partial charge in [0.25, 0.3) is 0 Å². The Balaban J connectivity index is 2.71. The highest BCUT2D eigenvalue weighted by atomic mass is 19.1. The van der Waals surface area contributed by atoms with E-state index in [2.05, 4.69) is 0 Å². The number of rotatable bonds is 3. The summed E-state index contributed by atoms with van der Waals surface area (Å²) in [5.74, 6) is -1.01. The van der Waals surface area contributed by atoms with E-state index in [0.717, 1.165) is 0 Å². The van der Waals surface area contributed by atoms with Gasteiger partial charge in [0.05, 0.1) is 12.2 Å². The highest BCUT2D eigenvalue weighted by molar-refractivity contribution is 5.97. The summed E-state index contributed by atoms with van der Waals surface area (Å²) in [6, 6.07) is 7.09. The first kappa shape index (κ1) is 11.4. The Kier molecular flexibility index (Phi) is 2.95. The second-order valence-electron chi connectivity index (χ2n) is 3.58. The molecule has 0 aromatic heterocycles. The lowest BCUT2D eigenvalue weighted by Crippen LogP contribution is -1.99. The quantitative estimate of drug-likeness (QED) is 0.887. The molecule has 0 fully saturated rings. The average molecular weight is 234 g/mol. The van der Waals surface area contributed by atoms with Crippen LogP contribution >= 0.6 is 0 Å². The van der Waals surface area contributed by atoms with Crippen molar-refractivity contribution >= 4 is 16.7 Å². The van der Waals surface area contributed by atoms with Crippen molar-refractivity contribution < 1.29 is 19.0 Å². The second kappa shape index (κ2) is 4.41. The highest BCUT2D eigenvalue weighted by Gasteiger charge is 2.10. The number of hydrogen-bond donors (Lipinski definition) is 1. The molecule has 0 radical (unpaired) electrons. The fraction of sp³-hybridized carbons (Fsp3) is 0.154. The van der Waals surface area contributed by atoms with Crippen LogP contribution in [0.1, 0.15) is 17.3 Å². The number of halogens is 1. The molecule has 0 aliphatic rings. The molecule has 3 nitrogen and oxygen atoms in total. The molecule has 0 amide bonds. The number of carbonyl (C=O) groups is 1. The molecule has 0 heterocycles. The number of ether oxygens (including phenoxy) is 1. The van der Waals surface area contributed by atoms with E-state index in [1.807, 2.05) is 0 Å². The minimum Gasteiger partial charge on any atom is -0.493 e. The van der Waals surface area contributed by atoms with Gasteiger partial charge in [0.15, 0.2) is 0 Å². The van der Waals surface area contributed by atoms with Crippen molar-refractivity contribution in [3.05, 3.63) is 41.7 Å². The van der Waals surface area contributed by atoms with E-state index in [0.29, 0.717) is 23.1 Å². The lowest BCUT2D eigenvalue weighted by Gasteiger charge is -2.09. The maximum Gasteiger partial charge on any atom is 0.335 e. The number of carboxylic acid groups (broad SMARTS) is 1. The number of fused-ring (bicyclic) bond motifs is 1. The van der Waals surface area contributed by atoms with Crippen molar-refractivity contribution in [2.75, 3.05) is 6.61 Å². The van der Waals surface area contributed by atoms with Crippen molar-refractivity contribution in [3.63, 3.8) is 0 Å². The molecule has 0 bridgehead atoms. The Morgan fingerprint density at radius 3 is 2.76 bits per heavy atom. The molecule has 2 rings (SSSR count). The van der Waals surface area contributed by atoms with Crippen LogP contribution in [0.25, 0.3) is 10.8 Å². The van der Waals surface area contributed by atoms with Crippen LogP contribution in [-0.2, 0) is 0 Å². The predicted octanol–water partition coefficient (Wildman–Crippen LogP) is 3.08. The minimum absolute atomic E-state index is 0.132. The monoisotopic (exact) mass is 234 g/mol. The summed E-state index contributed by atoms with van der Waals surface area (Å²) in [6.45, 7) is 2.19. The molecule has 0 saturated carbocycles. The highest BCUT2D eigenvalue weighted by Crippen LogP contribution is 2.28. The van der Waals surface area contributed by atoms with Crippen LogP contribution in [-0.4, -0.2) is 17.7 Å². The summed E-state index contributed by atoms with van der Waals surface area (Å²) in [7, 11) is 0. The smallest absolute Gasteiger partial charge is 0.335 e. The van der Waals surface area contributed by atoms with Gasteiger partial charge in [0.1, 0.15) is 11.6 Å². The Morgan fingerprint density at radius 2 is 2.12 bits per heavy atom. The van der Waals surface area contributed by atoms with Crippen LogP contribution in [0, 0.1) is 5.82 Å². The molecule has 17 heavy (non-hydrogen) atoms. The summed E-state index contributed by atoms with van der Waals surface area (Å²) >= 11 is 0. The van der Waals surface area contributed by atoms with E-state index < -0.39 is 5.97 Å². The van der Waals surface area contributed by atoms with Crippen molar-refractivity contribution in [1.82, 2.24) is 0 Å². The molecule has 88 valence electrons. The fourth-order valence-electron chi connectivity index (χ4n) is 1.69. The number of benzene rings is 2. The number of carboxylic acids is 1. The summed E-state index contributed by atoms with van der Waals surface area (Å²) < 4.78 is 18.5. The second-order valence-corrected chi connectivity index (χ2v) is 3.58. The van der Waals surface area contributed by atoms with E-state index >= 15 is 0 Å². The fourth-order valence-corrected chi connectivity index (χ4v) is 1.69. The van der Waals surface area contributed by atoms with Gasteiger partial charge in [-0.05, 0) is 36.6 Å². The van der Waals surface area contributed by atoms with Crippen molar-refractivity contribution in [2.24, 2.45) is 0 Å². The van der Waals surface area contributed by atoms with Crippen LogP contribution in [0.3, 0.4) is 0 Å². The number of hydrogen-bond acceptors (Lipinski definition) is 2. The lowest BCUT2D eigenvalue weighted by molar-refractivity contribution is 0.0696. The molecule has 0 spiro atoms. The number of aromatic carboxylic acids is 1. The largest absolute Gasteiger partial charge is 0.493 e. The Morgan fingerprint density at radius 1 is 1.35 bits per heavy atom. The third-order valence-electron chi connectivity index (χ3n) is 2.43. The van der Waals surface area contributed by atoms with Gasteiger partial charge in [-0.15, -0.1) is 0 Å². The molecule has 0 unspecified atom stereocenters. The van der Waals surface area contributed by atoms with Crippen molar-refractivity contribution in [1.29, 1.82) is 0 Å². The molecule has 2 aromatic carbocycles. The first-order valence-electron chi connectivity index (χ1n) is 5.21. The summed E-state index contributed by atoms with van der Waals surface area (Å²) in [4.78, 5) is 10.9. The summed E-state index contributed by atoms with van der Waals surface area (Å²) in [5.41, 5.74) is 0.132. The zero-order valence-corrected chi connectivity index (χ0v) is 9.24. The van der Waals surface area contributed by atoms with Crippen molar-refractivity contribution in [2.45, 2.75) is 6.92 Å². The zero-order valence-electron chi connectivity index (χ0n) is 9.24. The molecule has 0 aliphatic heterocycles. The lowest BCUT2D eigenvalue weighted by atomic mass is 10.1. The summed E-state index contributed by atoms with van der Waals surface area (Å²) in [6.07, 6.45) is 0. The van der Waals surface area contributed by atoms with E-state index in [1.54, 1.807) is 13.0 Å². The molecular weight excluding hydrogens is 223 g/mol. The maximum atomic E-state index is 13.1. The van der Waals surface area contributed by atoms with Crippen molar-refractivity contribution in [3.8, 4) is 5.75 Å². The van der Waals surface area contributed by atoms with Gasteiger partial charge in [-0.3, -0.25) is 0 Å². The zero-order chi connectivity index (χ0) is 12.4. The molecule has 4 heteroatoms. The van der Waals surface area contributed by atoms with Gasteiger partial charge in [-0.25, -0.2) is 9.18 Å². The molecule has 1 N–H and O–H groups in total. The van der Waals surface area contributed by atoms with Gasteiger partial charge in [-0.2, -0.15) is 0 Å². The average Bonchev–Trinajstić information content (AvgIpc) is 2.29.